The van der Waals surface area contributed by atoms with Gasteiger partial charge in [0.15, 0.2) is 0 Å². The molecule has 3 rings (SSSR count). The van der Waals surface area contributed by atoms with Crippen molar-refractivity contribution in [2.45, 2.75) is 6.42 Å². The number of ether oxygens (including phenoxy) is 1. The molecular formula is C17H13N3O. The topological polar surface area (TPSA) is 71.9 Å². The van der Waals surface area contributed by atoms with Crippen molar-refractivity contribution >= 4 is 16.5 Å². The van der Waals surface area contributed by atoms with E-state index in [1.807, 2.05) is 42.5 Å². The zero-order valence-corrected chi connectivity index (χ0v) is 11.3. The Morgan fingerprint density at radius 2 is 1.86 bits per heavy atom. The van der Waals surface area contributed by atoms with Gasteiger partial charge in [-0.05, 0) is 35.9 Å². The minimum atomic E-state index is 0.400. The quantitative estimate of drug-likeness (QED) is 0.740. The summed E-state index contributed by atoms with van der Waals surface area (Å²) in [5.41, 5.74) is 7.59. The van der Waals surface area contributed by atoms with Gasteiger partial charge in [-0.3, -0.25) is 4.98 Å². The lowest BCUT2D eigenvalue weighted by molar-refractivity contribution is 0.488. The van der Waals surface area contributed by atoms with E-state index < -0.39 is 0 Å². The molecule has 1 aromatic heterocycles. The van der Waals surface area contributed by atoms with E-state index in [0.717, 1.165) is 27.8 Å². The van der Waals surface area contributed by atoms with E-state index >= 15 is 0 Å². The standard InChI is InChI=1S/C17H13N3O/c18-9-7-12-1-3-13(4-2-12)21-17-6-5-16(19)15-11-20-10-8-14(15)17/h1-6,8,10-11H,7,19H2. The van der Waals surface area contributed by atoms with Gasteiger partial charge >= 0.3 is 0 Å². The van der Waals surface area contributed by atoms with Crippen molar-refractivity contribution in [1.29, 1.82) is 5.26 Å². The average molecular weight is 275 g/mol. The number of fused-ring (bicyclic) bond motifs is 1. The molecule has 0 aliphatic rings. The molecule has 0 saturated heterocycles. The van der Waals surface area contributed by atoms with Crippen molar-refractivity contribution in [3.63, 3.8) is 0 Å². The molecule has 0 unspecified atom stereocenters. The zero-order chi connectivity index (χ0) is 14.7. The summed E-state index contributed by atoms with van der Waals surface area (Å²) in [5, 5.41) is 10.5. The van der Waals surface area contributed by atoms with Crippen LogP contribution in [-0.4, -0.2) is 4.98 Å². The highest BCUT2D eigenvalue weighted by molar-refractivity contribution is 5.96. The minimum absolute atomic E-state index is 0.400. The number of hydrogen-bond acceptors (Lipinski definition) is 4. The predicted molar refractivity (Wildman–Crippen MR) is 82.0 cm³/mol. The number of nitriles is 1. The van der Waals surface area contributed by atoms with Crippen molar-refractivity contribution in [2.75, 3.05) is 5.73 Å². The van der Waals surface area contributed by atoms with Crippen LogP contribution in [0.2, 0.25) is 0 Å². The number of pyridine rings is 1. The second kappa shape index (κ2) is 5.51. The molecule has 2 N–H and O–H groups in total. The first kappa shape index (κ1) is 12.9. The van der Waals surface area contributed by atoms with Crippen molar-refractivity contribution in [1.82, 2.24) is 4.98 Å². The molecule has 0 saturated carbocycles. The van der Waals surface area contributed by atoms with Gasteiger partial charge in [-0.2, -0.15) is 5.26 Å². The van der Waals surface area contributed by atoms with Gasteiger partial charge in [0.2, 0.25) is 0 Å². The van der Waals surface area contributed by atoms with Gasteiger partial charge in [-0.1, -0.05) is 12.1 Å². The van der Waals surface area contributed by atoms with Crippen molar-refractivity contribution in [2.24, 2.45) is 0 Å². The Labute approximate surface area is 122 Å². The van der Waals surface area contributed by atoms with Gasteiger partial charge in [0, 0.05) is 28.9 Å². The molecule has 1 heterocycles. The molecule has 0 fully saturated rings. The van der Waals surface area contributed by atoms with Crippen molar-refractivity contribution in [3.05, 3.63) is 60.4 Å². The van der Waals surface area contributed by atoms with E-state index in [4.69, 9.17) is 15.7 Å². The van der Waals surface area contributed by atoms with E-state index in [-0.39, 0.29) is 0 Å². The summed E-state index contributed by atoms with van der Waals surface area (Å²) < 4.78 is 5.91. The Balaban J connectivity index is 1.95. The van der Waals surface area contributed by atoms with E-state index in [9.17, 15) is 0 Å². The normalized spacial score (nSPS) is 10.2. The fraction of sp³-hybridized carbons (Fsp3) is 0.0588. The summed E-state index contributed by atoms with van der Waals surface area (Å²) in [7, 11) is 0. The van der Waals surface area contributed by atoms with E-state index in [2.05, 4.69) is 11.1 Å². The summed E-state index contributed by atoms with van der Waals surface area (Å²) in [4.78, 5) is 4.09. The summed E-state index contributed by atoms with van der Waals surface area (Å²) >= 11 is 0. The molecule has 4 nitrogen and oxygen atoms in total. The zero-order valence-electron chi connectivity index (χ0n) is 11.3. The van der Waals surface area contributed by atoms with Crippen LogP contribution in [0.3, 0.4) is 0 Å². The molecule has 0 radical (unpaired) electrons. The van der Waals surface area contributed by atoms with Gasteiger partial charge in [-0.15, -0.1) is 0 Å². The number of aromatic nitrogens is 1. The molecule has 0 aliphatic carbocycles. The summed E-state index contributed by atoms with van der Waals surface area (Å²) in [6.45, 7) is 0. The van der Waals surface area contributed by atoms with Crippen LogP contribution in [0.15, 0.2) is 54.9 Å². The van der Waals surface area contributed by atoms with Gasteiger partial charge in [-0.25, -0.2) is 0 Å². The lowest BCUT2D eigenvalue weighted by Gasteiger charge is -2.10. The SMILES string of the molecule is N#CCc1ccc(Oc2ccc(N)c3cnccc23)cc1. The van der Waals surface area contributed by atoms with Crippen molar-refractivity contribution in [3.8, 4) is 17.6 Å². The second-order valence-electron chi connectivity index (χ2n) is 4.66. The van der Waals surface area contributed by atoms with Crippen LogP contribution in [-0.2, 0) is 6.42 Å². The molecule has 3 aromatic rings. The smallest absolute Gasteiger partial charge is 0.135 e. The molecule has 0 amide bonds. The molecule has 0 bridgehead atoms. The number of anilines is 1. The lowest BCUT2D eigenvalue weighted by atomic mass is 10.1. The third kappa shape index (κ3) is 2.63. The first-order valence-corrected chi connectivity index (χ1v) is 6.54. The van der Waals surface area contributed by atoms with Crippen LogP contribution >= 0.6 is 0 Å². The Hall–Kier alpha value is -3.06. The van der Waals surface area contributed by atoms with Crippen LogP contribution in [0.25, 0.3) is 10.8 Å². The molecule has 4 heteroatoms. The number of hydrogen-bond donors (Lipinski definition) is 1. The lowest BCUT2D eigenvalue weighted by Crippen LogP contribution is -1.91. The largest absolute Gasteiger partial charge is 0.457 e. The van der Waals surface area contributed by atoms with Crippen LogP contribution in [0.4, 0.5) is 5.69 Å². The maximum Gasteiger partial charge on any atom is 0.135 e. The highest BCUT2D eigenvalue weighted by Crippen LogP contribution is 2.32. The maximum absolute atomic E-state index is 8.67. The third-order valence-electron chi connectivity index (χ3n) is 3.25. The van der Waals surface area contributed by atoms with E-state index in [0.29, 0.717) is 12.1 Å². The first-order chi connectivity index (χ1) is 10.3. The highest BCUT2D eigenvalue weighted by Gasteiger charge is 2.06. The average Bonchev–Trinajstić information content (AvgIpc) is 2.52. The molecule has 0 spiro atoms. The van der Waals surface area contributed by atoms with Crippen molar-refractivity contribution < 1.29 is 4.74 Å². The van der Waals surface area contributed by atoms with Crippen LogP contribution in [0, 0.1) is 11.3 Å². The number of nitrogens with two attached hydrogens (primary N) is 1. The molecule has 0 atom stereocenters. The fourth-order valence-corrected chi connectivity index (χ4v) is 2.17. The highest BCUT2D eigenvalue weighted by atomic mass is 16.5. The molecule has 0 aliphatic heterocycles. The summed E-state index contributed by atoms with van der Waals surface area (Å²) in [6.07, 6.45) is 3.84. The molecule has 2 aromatic carbocycles. The number of benzene rings is 2. The Bertz CT molecular complexity index is 820. The maximum atomic E-state index is 8.67. The summed E-state index contributed by atoms with van der Waals surface area (Å²) in [5.74, 6) is 1.45. The third-order valence-corrected chi connectivity index (χ3v) is 3.25. The Morgan fingerprint density at radius 3 is 2.62 bits per heavy atom. The molecular weight excluding hydrogens is 262 g/mol. The van der Waals surface area contributed by atoms with Crippen LogP contribution in [0.1, 0.15) is 5.56 Å². The minimum Gasteiger partial charge on any atom is -0.457 e. The van der Waals surface area contributed by atoms with E-state index in [1.54, 1.807) is 12.4 Å². The fourth-order valence-electron chi connectivity index (χ4n) is 2.17. The Morgan fingerprint density at radius 1 is 1.05 bits per heavy atom. The van der Waals surface area contributed by atoms with Gasteiger partial charge < -0.3 is 10.5 Å². The molecule has 102 valence electrons. The van der Waals surface area contributed by atoms with Gasteiger partial charge in [0.1, 0.15) is 11.5 Å². The Kier molecular flexibility index (Phi) is 3.40. The number of rotatable bonds is 3. The van der Waals surface area contributed by atoms with Crippen LogP contribution < -0.4 is 10.5 Å². The second-order valence-corrected chi connectivity index (χ2v) is 4.66. The van der Waals surface area contributed by atoms with Gasteiger partial charge in [0.05, 0.1) is 12.5 Å². The number of nitrogens with zero attached hydrogens (tertiary/aromatic N) is 2. The van der Waals surface area contributed by atoms with Crippen LogP contribution in [0.5, 0.6) is 11.5 Å². The monoisotopic (exact) mass is 275 g/mol. The van der Waals surface area contributed by atoms with E-state index in [1.165, 1.54) is 0 Å². The number of nitrogen functional groups attached to an aromatic ring is 1. The summed E-state index contributed by atoms with van der Waals surface area (Å²) in [6, 6.07) is 15.2. The predicted octanol–water partition coefficient (Wildman–Crippen LogP) is 3.68. The molecule has 21 heavy (non-hydrogen) atoms. The van der Waals surface area contributed by atoms with Gasteiger partial charge in [0.25, 0.3) is 0 Å². The first-order valence-electron chi connectivity index (χ1n) is 6.54.